The molecule has 0 bridgehead atoms. The molecule has 0 fully saturated rings. The molecule has 2 amide bonds. The van der Waals surface area contributed by atoms with Gasteiger partial charge in [-0.25, -0.2) is 0 Å². The third kappa shape index (κ3) is 4.43. The van der Waals surface area contributed by atoms with E-state index in [1.807, 2.05) is 7.05 Å². The van der Waals surface area contributed by atoms with Crippen molar-refractivity contribution >= 4 is 51.2 Å². The number of thiophene rings is 1. The van der Waals surface area contributed by atoms with Crippen LogP contribution in [0.5, 0.6) is 0 Å². The van der Waals surface area contributed by atoms with E-state index >= 15 is 0 Å². The number of nitrogens with one attached hydrogen (secondary N) is 1. The molecule has 1 aliphatic rings. The summed E-state index contributed by atoms with van der Waals surface area (Å²) in [7, 11) is 1.98. The number of carbonyl (C=O) groups excluding carboxylic acids is 3. The molecular formula is C19H22ClN5O3S. The van der Waals surface area contributed by atoms with E-state index in [1.165, 1.54) is 11.3 Å². The van der Waals surface area contributed by atoms with Crippen LogP contribution in [0.2, 0.25) is 5.02 Å². The summed E-state index contributed by atoms with van der Waals surface area (Å²) in [6.07, 6.45) is 0.395. The van der Waals surface area contributed by atoms with Gasteiger partial charge in [-0.05, 0) is 31.2 Å². The Morgan fingerprint density at radius 1 is 1.31 bits per heavy atom. The summed E-state index contributed by atoms with van der Waals surface area (Å²) in [6.45, 7) is 1.47. The zero-order valence-electron chi connectivity index (χ0n) is 15.8. The topological polar surface area (TPSA) is 145 Å². The first-order valence-corrected chi connectivity index (χ1v) is 10.1. The van der Waals surface area contributed by atoms with E-state index in [0.29, 0.717) is 23.5 Å². The monoisotopic (exact) mass is 435 g/mol. The Morgan fingerprint density at radius 3 is 2.69 bits per heavy atom. The number of nitrogens with zero attached hydrogens (tertiary/aromatic N) is 1. The maximum absolute atomic E-state index is 12.6. The number of carbonyl (C=O) groups is 3. The number of hydrogen-bond donors (Lipinski definition) is 4. The van der Waals surface area contributed by atoms with E-state index in [2.05, 4.69) is 10.2 Å². The van der Waals surface area contributed by atoms with E-state index < -0.39 is 23.6 Å². The Labute approximate surface area is 177 Å². The van der Waals surface area contributed by atoms with Crippen LogP contribution in [0.15, 0.2) is 18.2 Å². The number of halogens is 1. The molecule has 0 saturated heterocycles. The van der Waals surface area contributed by atoms with Crippen molar-refractivity contribution in [2.45, 2.75) is 25.4 Å². The highest BCUT2D eigenvalue weighted by atomic mass is 35.5. The highest BCUT2D eigenvalue weighted by Crippen LogP contribution is 2.36. The lowest BCUT2D eigenvalue weighted by atomic mass is 10.0. The van der Waals surface area contributed by atoms with Crippen molar-refractivity contribution in [2.24, 2.45) is 11.5 Å². The molecule has 10 heteroatoms. The largest absolute Gasteiger partial charge is 0.398 e. The van der Waals surface area contributed by atoms with Gasteiger partial charge in [0.1, 0.15) is 5.00 Å². The lowest BCUT2D eigenvalue weighted by molar-refractivity contribution is -0.117. The maximum Gasteiger partial charge on any atom is 0.251 e. The van der Waals surface area contributed by atoms with Gasteiger partial charge in [0.25, 0.3) is 5.91 Å². The van der Waals surface area contributed by atoms with Crippen LogP contribution >= 0.6 is 22.9 Å². The summed E-state index contributed by atoms with van der Waals surface area (Å²) in [5, 5.41) is 3.23. The van der Waals surface area contributed by atoms with Gasteiger partial charge in [0.15, 0.2) is 5.78 Å². The van der Waals surface area contributed by atoms with Gasteiger partial charge >= 0.3 is 0 Å². The molecule has 0 saturated carbocycles. The SMILES string of the molecule is CN1CCc2c(sc(NC(=O)[C@@H](N)CC(=O)c3c(N)cccc3Cl)c2C(N)=O)C1. The molecule has 7 N–H and O–H groups in total. The van der Waals surface area contributed by atoms with E-state index in [9.17, 15) is 14.4 Å². The summed E-state index contributed by atoms with van der Waals surface area (Å²) in [5.74, 6) is -1.62. The van der Waals surface area contributed by atoms with Gasteiger partial charge < -0.3 is 27.4 Å². The van der Waals surface area contributed by atoms with Crippen LogP contribution in [-0.2, 0) is 17.8 Å². The zero-order chi connectivity index (χ0) is 21.3. The van der Waals surface area contributed by atoms with Crippen molar-refractivity contribution in [1.82, 2.24) is 4.90 Å². The summed E-state index contributed by atoms with van der Waals surface area (Å²) in [4.78, 5) is 40.2. The molecule has 0 radical (unpaired) electrons. The normalized spacial score (nSPS) is 14.9. The third-order valence-electron chi connectivity index (χ3n) is 4.80. The minimum Gasteiger partial charge on any atom is -0.398 e. The van der Waals surface area contributed by atoms with Crippen molar-refractivity contribution in [3.05, 3.63) is 44.8 Å². The van der Waals surface area contributed by atoms with Gasteiger partial charge in [-0.1, -0.05) is 17.7 Å². The van der Waals surface area contributed by atoms with E-state index in [4.69, 9.17) is 28.8 Å². The molecule has 1 aromatic carbocycles. The molecule has 8 nitrogen and oxygen atoms in total. The molecule has 1 aliphatic heterocycles. The number of fused-ring (bicyclic) bond motifs is 1. The highest BCUT2D eigenvalue weighted by molar-refractivity contribution is 7.17. The number of hydrogen-bond acceptors (Lipinski definition) is 7. The van der Waals surface area contributed by atoms with Crippen molar-refractivity contribution in [1.29, 1.82) is 0 Å². The van der Waals surface area contributed by atoms with Gasteiger partial charge in [-0.15, -0.1) is 11.3 Å². The molecule has 1 atom stereocenters. The van der Waals surface area contributed by atoms with Gasteiger partial charge in [-0.3, -0.25) is 14.4 Å². The summed E-state index contributed by atoms with van der Waals surface area (Å²) >= 11 is 7.35. The Morgan fingerprint density at radius 2 is 2.03 bits per heavy atom. The highest BCUT2D eigenvalue weighted by Gasteiger charge is 2.28. The molecule has 3 rings (SSSR count). The minimum atomic E-state index is -1.14. The molecule has 29 heavy (non-hydrogen) atoms. The fourth-order valence-corrected chi connectivity index (χ4v) is 4.94. The quantitative estimate of drug-likeness (QED) is 0.400. The minimum absolute atomic E-state index is 0.143. The van der Waals surface area contributed by atoms with Gasteiger partial charge in [0.05, 0.1) is 22.2 Å². The Balaban J connectivity index is 1.76. The van der Waals surface area contributed by atoms with Crippen molar-refractivity contribution in [3.8, 4) is 0 Å². The number of primary amides is 1. The smallest absolute Gasteiger partial charge is 0.251 e. The van der Waals surface area contributed by atoms with E-state index in [0.717, 1.165) is 17.0 Å². The second-order valence-electron chi connectivity index (χ2n) is 6.99. The number of nitrogens with two attached hydrogens (primary N) is 3. The number of Topliss-reactive ketones (excluding diaryl/α,β-unsaturated/α-hetero) is 1. The molecule has 2 heterocycles. The molecule has 154 valence electrons. The third-order valence-corrected chi connectivity index (χ3v) is 6.24. The van der Waals surface area contributed by atoms with Crippen LogP contribution in [0.25, 0.3) is 0 Å². The average molecular weight is 436 g/mol. The first kappa shape index (κ1) is 21.3. The lowest BCUT2D eigenvalue weighted by Crippen LogP contribution is -2.38. The van der Waals surface area contributed by atoms with Gasteiger partial charge in [0.2, 0.25) is 5.91 Å². The summed E-state index contributed by atoms with van der Waals surface area (Å²) < 4.78 is 0. The first-order chi connectivity index (χ1) is 13.7. The van der Waals surface area contributed by atoms with E-state index in [-0.39, 0.29) is 22.7 Å². The van der Waals surface area contributed by atoms with Crippen LogP contribution in [-0.4, -0.2) is 42.1 Å². The zero-order valence-corrected chi connectivity index (χ0v) is 17.4. The fraction of sp³-hybridized carbons (Fsp3) is 0.316. The van der Waals surface area contributed by atoms with Crippen molar-refractivity contribution < 1.29 is 14.4 Å². The van der Waals surface area contributed by atoms with Crippen LogP contribution in [0.3, 0.4) is 0 Å². The number of likely N-dealkylation sites (N-methyl/N-ethyl adjacent to an activating group) is 1. The van der Waals surface area contributed by atoms with Crippen LogP contribution in [0, 0.1) is 0 Å². The van der Waals surface area contributed by atoms with Crippen molar-refractivity contribution in [2.75, 3.05) is 24.6 Å². The fourth-order valence-electron chi connectivity index (χ4n) is 3.31. The van der Waals surface area contributed by atoms with Crippen LogP contribution < -0.4 is 22.5 Å². The number of benzene rings is 1. The second-order valence-corrected chi connectivity index (χ2v) is 8.50. The maximum atomic E-state index is 12.6. The Kier molecular flexibility index (Phi) is 6.23. The lowest BCUT2D eigenvalue weighted by Gasteiger charge is -2.22. The van der Waals surface area contributed by atoms with Crippen LogP contribution in [0.1, 0.15) is 37.6 Å². The average Bonchev–Trinajstić information content (AvgIpc) is 2.98. The number of amides is 2. The predicted molar refractivity (Wildman–Crippen MR) is 114 cm³/mol. The van der Waals surface area contributed by atoms with Gasteiger partial charge in [-0.2, -0.15) is 0 Å². The second kappa shape index (κ2) is 8.50. The van der Waals surface area contributed by atoms with Crippen LogP contribution in [0.4, 0.5) is 10.7 Å². The standard InChI is InChI=1S/C19H22ClN5O3S/c1-25-6-5-9-14(8-25)29-19(15(9)17(23)27)24-18(28)12(22)7-13(26)16-10(20)3-2-4-11(16)21/h2-4,12H,5-8,21-22H2,1H3,(H2,23,27)(H,24,28)/t12-/m0/s1. The molecule has 2 aromatic rings. The number of anilines is 2. The number of ketones is 1. The molecule has 1 aromatic heterocycles. The van der Waals surface area contributed by atoms with Gasteiger partial charge in [0, 0.05) is 30.1 Å². The van der Waals surface area contributed by atoms with E-state index in [1.54, 1.807) is 18.2 Å². The summed E-state index contributed by atoms with van der Waals surface area (Å²) in [6, 6.07) is 3.59. The van der Waals surface area contributed by atoms with Crippen molar-refractivity contribution in [3.63, 3.8) is 0 Å². The molecule has 0 unspecified atom stereocenters. The Hall–Kier alpha value is -2.46. The molecule has 0 spiro atoms. The molecule has 0 aliphatic carbocycles. The number of nitrogen functional groups attached to an aromatic ring is 1. The summed E-state index contributed by atoms with van der Waals surface area (Å²) in [5.41, 5.74) is 18.9. The predicted octanol–water partition coefficient (Wildman–Crippen LogP) is 1.61. The molecular weight excluding hydrogens is 414 g/mol. The number of rotatable bonds is 6. The first-order valence-electron chi connectivity index (χ1n) is 8.95. The Bertz CT molecular complexity index is 970.